The lowest BCUT2D eigenvalue weighted by Gasteiger charge is -2.27. The average Bonchev–Trinajstić information content (AvgIpc) is 2.64. The van der Waals surface area contributed by atoms with Gasteiger partial charge in [-0.25, -0.2) is 0 Å². The molecule has 0 aromatic heterocycles. The van der Waals surface area contributed by atoms with Gasteiger partial charge in [0.05, 0.1) is 0 Å². The Bertz CT molecular complexity index is 442. The van der Waals surface area contributed by atoms with E-state index in [1.54, 1.807) is 6.92 Å². The lowest BCUT2D eigenvalue weighted by atomic mass is 9.91. The summed E-state index contributed by atoms with van der Waals surface area (Å²) < 4.78 is 0. The molecular weight excluding hydrogens is 248 g/mol. The van der Waals surface area contributed by atoms with Gasteiger partial charge in [-0.1, -0.05) is 50.1 Å². The molecule has 1 fully saturated rings. The first-order chi connectivity index (χ1) is 9.50. The molecule has 0 radical (unpaired) electrons. The quantitative estimate of drug-likeness (QED) is 0.833. The van der Waals surface area contributed by atoms with Crippen LogP contribution in [-0.4, -0.2) is 11.9 Å². The van der Waals surface area contributed by atoms with E-state index in [4.69, 9.17) is 5.73 Å². The van der Waals surface area contributed by atoms with Gasteiger partial charge in [-0.2, -0.15) is 0 Å². The van der Waals surface area contributed by atoms with Gasteiger partial charge in [0.15, 0.2) is 0 Å². The molecule has 1 aliphatic rings. The first kappa shape index (κ1) is 15.0. The summed E-state index contributed by atoms with van der Waals surface area (Å²) in [5.41, 5.74) is 6.15. The lowest BCUT2D eigenvalue weighted by Crippen LogP contribution is -2.51. The van der Waals surface area contributed by atoms with E-state index in [0.717, 1.165) is 24.3 Å². The fraction of sp³-hybridized carbons (Fsp3) is 0.588. The molecule has 2 rings (SSSR count). The van der Waals surface area contributed by atoms with Gasteiger partial charge in [-0.05, 0) is 37.7 Å². The fourth-order valence-corrected chi connectivity index (χ4v) is 2.88. The zero-order chi connectivity index (χ0) is 14.6. The van der Waals surface area contributed by atoms with Crippen molar-refractivity contribution in [2.24, 2.45) is 11.7 Å². The van der Waals surface area contributed by atoms with Crippen LogP contribution in [0.2, 0.25) is 0 Å². The third-order valence-electron chi connectivity index (χ3n) is 4.44. The molecule has 20 heavy (non-hydrogen) atoms. The van der Waals surface area contributed by atoms with E-state index >= 15 is 0 Å². The van der Waals surface area contributed by atoms with E-state index in [9.17, 15) is 4.79 Å². The summed E-state index contributed by atoms with van der Waals surface area (Å²) in [7, 11) is 0. The molecule has 0 saturated heterocycles. The molecule has 3 atom stereocenters. The highest BCUT2D eigenvalue weighted by Crippen LogP contribution is 2.24. The van der Waals surface area contributed by atoms with Crippen molar-refractivity contribution < 1.29 is 4.79 Å². The molecular formula is C17H26N2O. The van der Waals surface area contributed by atoms with Gasteiger partial charge in [0, 0.05) is 6.04 Å². The normalized spacial score (nSPS) is 26.4. The van der Waals surface area contributed by atoms with Crippen LogP contribution in [0, 0.1) is 5.92 Å². The van der Waals surface area contributed by atoms with Crippen LogP contribution >= 0.6 is 0 Å². The van der Waals surface area contributed by atoms with E-state index in [1.807, 2.05) is 30.3 Å². The van der Waals surface area contributed by atoms with Crippen LogP contribution in [0.15, 0.2) is 30.3 Å². The van der Waals surface area contributed by atoms with Crippen molar-refractivity contribution >= 4 is 5.91 Å². The van der Waals surface area contributed by atoms with Crippen molar-refractivity contribution in [3.63, 3.8) is 0 Å². The Kier molecular flexibility index (Phi) is 4.81. The SMILES string of the molecule is CC1CCCC(NC(=O)C(C)(N)c2ccccc2)CC1. The molecule has 110 valence electrons. The number of carbonyl (C=O) groups is 1. The summed E-state index contributed by atoms with van der Waals surface area (Å²) in [5, 5.41) is 3.15. The first-order valence-electron chi connectivity index (χ1n) is 7.65. The highest BCUT2D eigenvalue weighted by atomic mass is 16.2. The summed E-state index contributed by atoms with van der Waals surface area (Å²) in [5.74, 6) is 0.707. The topological polar surface area (TPSA) is 55.1 Å². The summed E-state index contributed by atoms with van der Waals surface area (Å²) in [6.07, 6.45) is 5.79. The maximum absolute atomic E-state index is 12.5. The zero-order valence-corrected chi connectivity index (χ0v) is 12.6. The van der Waals surface area contributed by atoms with Crippen LogP contribution in [0.5, 0.6) is 0 Å². The molecule has 1 aliphatic carbocycles. The third kappa shape index (κ3) is 3.60. The predicted octanol–water partition coefficient (Wildman–Crippen LogP) is 2.95. The van der Waals surface area contributed by atoms with Crippen LogP contribution < -0.4 is 11.1 Å². The van der Waals surface area contributed by atoms with Crippen molar-refractivity contribution in [3.8, 4) is 0 Å². The standard InChI is InChI=1S/C17H26N2O/c1-13-7-6-10-15(12-11-13)19-16(20)17(2,18)14-8-4-3-5-9-14/h3-5,8-9,13,15H,6-7,10-12,18H2,1-2H3,(H,19,20). The number of hydrogen-bond donors (Lipinski definition) is 2. The number of amides is 1. The number of carbonyl (C=O) groups excluding carboxylic acids is 1. The van der Waals surface area contributed by atoms with E-state index in [1.165, 1.54) is 19.3 Å². The monoisotopic (exact) mass is 274 g/mol. The van der Waals surface area contributed by atoms with Crippen molar-refractivity contribution in [3.05, 3.63) is 35.9 Å². The van der Waals surface area contributed by atoms with E-state index in [0.29, 0.717) is 0 Å². The van der Waals surface area contributed by atoms with Crippen LogP contribution in [0.3, 0.4) is 0 Å². The molecule has 0 spiro atoms. The number of rotatable bonds is 3. The van der Waals surface area contributed by atoms with Gasteiger partial charge in [0.25, 0.3) is 0 Å². The Morgan fingerprint density at radius 1 is 1.20 bits per heavy atom. The molecule has 3 unspecified atom stereocenters. The Balaban J connectivity index is 2.00. The second-order valence-corrected chi connectivity index (χ2v) is 6.35. The molecule has 3 heteroatoms. The Morgan fingerprint density at radius 2 is 1.90 bits per heavy atom. The molecule has 1 aromatic carbocycles. The van der Waals surface area contributed by atoms with Crippen molar-refractivity contribution in [2.75, 3.05) is 0 Å². The van der Waals surface area contributed by atoms with Gasteiger partial charge in [0.2, 0.25) is 5.91 Å². The van der Waals surface area contributed by atoms with Gasteiger partial charge < -0.3 is 11.1 Å². The Morgan fingerprint density at radius 3 is 2.60 bits per heavy atom. The second kappa shape index (κ2) is 6.40. The minimum Gasteiger partial charge on any atom is -0.351 e. The summed E-state index contributed by atoms with van der Waals surface area (Å²) >= 11 is 0. The largest absolute Gasteiger partial charge is 0.351 e. The highest BCUT2D eigenvalue weighted by Gasteiger charge is 2.32. The second-order valence-electron chi connectivity index (χ2n) is 6.35. The summed E-state index contributed by atoms with van der Waals surface area (Å²) in [6, 6.07) is 9.87. The van der Waals surface area contributed by atoms with E-state index in [2.05, 4.69) is 12.2 Å². The molecule has 0 aliphatic heterocycles. The maximum Gasteiger partial charge on any atom is 0.244 e. The minimum atomic E-state index is -0.959. The van der Waals surface area contributed by atoms with Crippen LogP contribution in [0.25, 0.3) is 0 Å². The summed E-state index contributed by atoms with van der Waals surface area (Å²) in [6.45, 7) is 4.08. The third-order valence-corrected chi connectivity index (χ3v) is 4.44. The average molecular weight is 274 g/mol. The summed E-state index contributed by atoms with van der Waals surface area (Å²) in [4.78, 5) is 12.5. The highest BCUT2D eigenvalue weighted by molar-refractivity contribution is 5.87. The predicted molar refractivity (Wildman–Crippen MR) is 82.2 cm³/mol. The smallest absolute Gasteiger partial charge is 0.244 e. The van der Waals surface area contributed by atoms with Crippen LogP contribution in [0.1, 0.15) is 51.5 Å². The molecule has 1 saturated carbocycles. The van der Waals surface area contributed by atoms with Gasteiger partial charge in [0.1, 0.15) is 5.54 Å². The van der Waals surface area contributed by atoms with Gasteiger partial charge >= 0.3 is 0 Å². The van der Waals surface area contributed by atoms with Crippen LogP contribution in [0.4, 0.5) is 0 Å². The molecule has 3 nitrogen and oxygen atoms in total. The molecule has 1 aromatic rings. The molecule has 0 bridgehead atoms. The molecule has 3 N–H and O–H groups in total. The van der Waals surface area contributed by atoms with Gasteiger partial charge in [-0.3, -0.25) is 4.79 Å². The van der Waals surface area contributed by atoms with E-state index in [-0.39, 0.29) is 11.9 Å². The fourth-order valence-electron chi connectivity index (χ4n) is 2.88. The molecule has 0 heterocycles. The number of nitrogens with one attached hydrogen (secondary N) is 1. The van der Waals surface area contributed by atoms with Crippen molar-refractivity contribution in [1.82, 2.24) is 5.32 Å². The van der Waals surface area contributed by atoms with E-state index < -0.39 is 5.54 Å². The zero-order valence-electron chi connectivity index (χ0n) is 12.6. The maximum atomic E-state index is 12.5. The molecule has 1 amide bonds. The number of hydrogen-bond acceptors (Lipinski definition) is 2. The van der Waals surface area contributed by atoms with Crippen molar-refractivity contribution in [1.29, 1.82) is 0 Å². The van der Waals surface area contributed by atoms with Crippen LogP contribution in [-0.2, 0) is 10.3 Å². The van der Waals surface area contributed by atoms with Crippen molar-refractivity contribution in [2.45, 2.75) is 57.5 Å². The lowest BCUT2D eigenvalue weighted by molar-refractivity contribution is -0.126. The first-order valence-corrected chi connectivity index (χ1v) is 7.65. The Hall–Kier alpha value is -1.35. The number of nitrogens with two attached hydrogens (primary N) is 1. The Labute approximate surface area is 121 Å². The minimum absolute atomic E-state index is 0.0664. The number of benzene rings is 1. The van der Waals surface area contributed by atoms with Gasteiger partial charge in [-0.15, -0.1) is 0 Å².